The van der Waals surface area contributed by atoms with Crippen LogP contribution in [0.3, 0.4) is 0 Å². The van der Waals surface area contributed by atoms with Crippen molar-refractivity contribution in [2.24, 2.45) is 0 Å². The largest absolute Gasteiger partial charge is 0.352 e. The van der Waals surface area contributed by atoms with Crippen LogP contribution >= 0.6 is 23.2 Å². The number of benzene rings is 2. The van der Waals surface area contributed by atoms with E-state index in [0.29, 0.717) is 34.1 Å². The Kier molecular flexibility index (Phi) is 6.86. The van der Waals surface area contributed by atoms with Crippen LogP contribution in [0.2, 0.25) is 10.0 Å². The predicted molar refractivity (Wildman–Crippen MR) is 117 cm³/mol. The molecule has 1 heterocycles. The van der Waals surface area contributed by atoms with E-state index in [4.69, 9.17) is 23.2 Å². The fourth-order valence-corrected chi connectivity index (χ4v) is 3.18. The van der Waals surface area contributed by atoms with Gasteiger partial charge in [-0.3, -0.25) is 14.6 Å². The first-order valence-corrected chi connectivity index (χ1v) is 9.85. The Hall–Kier alpha value is -2.89. The maximum atomic E-state index is 12.7. The van der Waals surface area contributed by atoms with Crippen molar-refractivity contribution >= 4 is 40.7 Å². The molecular formula is C22H19Cl2N3O2. The molecule has 7 heteroatoms. The van der Waals surface area contributed by atoms with Gasteiger partial charge in [0, 0.05) is 29.6 Å². The van der Waals surface area contributed by atoms with E-state index in [1.54, 1.807) is 30.5 Å². The van der Waals surface area contributed by atoms with E-state index < -0.39 is 0 Å². The number of nitrogens with zero attached hydrogens (tertiary/aromatic N) is 1. The average Bonchev–Trinajstić information content (AvgIpc) is 2.73. The molecule has 0 saturated carbocycles. The van der Waals surface area contributed by atoms with Gasteiger partial charge in [0.15, 0.2) is 0 Å². The lowest BCUT2D eigenvalue weighted by molar-refractivity contribution is 0.0951. The molecule has 0 fully saturated rings. The highest BCUT2D eigenvalue weighted by Gasteiger charge is 2.15. The fraction of sp³-hybridized carbons (Fsp3) is 0.136. The maximum Gasteiger partial charge on any atom is 0.257 e. The van der Waals surface area contributed by atoms with Crippen LogP contribution in [-0.2, 0) is 0 Å². The quantitative estimate of drug-likeness (QED) is 0.549. The van der Waals surface area contributed by atoms with Crippen LogP contribution in [0, 0.1) is 0 Å². The minimum atomic E-state index is -0.384. The van der Waals surface area contributed by atoms with Gasteiger partial charge in [0.2, 0.25) is 0 Å². The molecule has 2 amide bonds. The van der Waals surface area contributed by atoms with Crippen LogP contribution in [0.5, 0.6) is 0 Å². The summed E-state index contributed by atoms with van der Waals surface area (Å²) in [5.74, 6) is -0.608. The van der Waals surface area contributed by atoms with Crippen molar-refractivity contribution in [3.05, 3.63) is 82.0 Å². The minimum absolute atomic E-state index is 0.200. The second-order valence-electron chi connectivity index (χ2n) is 6.31. The Morgan fingerprint density at radius 3 is 2.48 bits per heavy atom. The molecule has 2 aromatic carbocycles. The van der Waals surface area contributed by atoms with Gasteiger partial charge in [0.1, 0.15) is 0 Å². The van der Waals surface area contributed by atoms with Gasteiger partial charge in [0.25, 0.3) is 11.8 Å². The summed E-state index contributed by atoms with van der Waals surface area (Å²) < 4.78 is 0. The first-order chi connectivity index (χ1) is 14.0. The zero-order chi connectivity index (χ0) is 20.8. The standard InChI is InChI=1S/C22H19Cl2N3O2/c1-2-10-26-21(28)14-6-8-16(19(24)12-14)22(29)27-15-7-9-18(23)17(13-15)20-5-3-4-11-25-20/h3-9,11-13H,2,10H2,1H3,(H,26,28)(H,27,29). The van der Waals surface area contributed by atoms with Gasteiger partial charge in [-0.05, 0) is 55.0 Å². The summed E-state index contributed by atoms with van der Waals surface area (Å²) in [5, 5.41) is 6.31. The van der Waals surface area contributed by atoms with E-state index in [1.165, 1.54) is 12.1 Å². The van der Waals surface area contributed by atoms with Crippen molar-refractivity contribution in [3.63, 3.8) is 0 Å². The second-order valence-corrected chi connectivity index (χ2v) is 7.13. The summed E-state index contributed by atoms with van der Waals surface area (Å²) in [6, 6.07) is 15.3. The van der Waals surface area contributed by atoms with Gasteiger partial charge in [-0.25, -0.2) is 0 Å². The molecule has 0 unspecified atom stereocenters. The van der Waals surface area contributed by atoms with Crippen molar-refractivity contribution in [2.45, 2.75) is 13.3 Å². The van der Waals surface area contributed by atoms with Crippen molar-refractivity contribution in [2.75, 3.05) is 11.9 Å². The van der Waals surface area contributed by atoms with Crippen molar-refractivity contribution in [3.8, 4) is 11.3 Å². The van der Waals surface area contributed by atoms with Crippen LogP contribution < -0.4 is 10.6 Å². The number of rotatable bonds is 6. The van der Waals surface area contributed by atoms with Crippen LogP contribution in [0.15, 0.2) is 60.8 Å². The van der Waals surface area contributed by atoms with Crippen molar-refractivity contribution < 1.29 is 9.59 Å². The molecule has 3 rings (SSSR count). The Bertz CT molecular complexity index is 1040. The summed E-state index contributed by atoms with van der Waals surface area (Å²) in [5.41, 5.74) is 2.64. The monoisotopic (exact) mass is 427 g/mol. The molecule has 5 nitrogen and oxygen atoms in total. The van der Waals surface area contributed by atoms with E-state index in [-0.39, 0.29) is 22.4 Å². The molecule has 148 valence electrons. The normalized spacial score (nSPS) is 10.4. The van der Waals surface area contributed by atoms with Crippen LogP contribution in [-0.4, -0.2) is 23.3 Å². The third kappa shape index (κ3) is 5.13. The molecule has 0 atom stereocenters. The van der Waals surface area contributed by atoms with Gasteiger partial charge in [-0.2, -0.15) is 0 Å². The molecule has 0 saturated heterocycles. The van der Waals surface area contributed by atoms with Gasteiger partial charge in [0.05, 0.1) is 21.3 Å². The zero-order valence-electron chi connectivity index (χ0n) is 15.7. The Balaban J connectivity index is 1.79. The predicted octanol–water partition coefficient (Wildman–Crippen LogP) is 5.45. The van der Waals surface area contributed by atoms with Crippen LogP contribution in [0.4, 0.5) is 5.69 Å². The van der Waals surface area contributed by atoms with E-state index in [9.17, 15) is 9.59 Å². The fourth-order valence-electron chi connectivity index (χ4n) is 2.70. The Morgan fingerprint density at radius 1 is 0.966 bits per heavy atom. The van der Waals surface area contributed by atoms with Crippen molar-refractivity contribution in [1.29, 1.82) is 0 Å². The first kappa shape index (κ1) is 20.8. The number of hydrogen-bond donors (Lipinski definition) is 2. The van der Waals surface area contributed by atoms with E-state index in [1.807, 2.05) is 25.1 Å². The molecule has 0 radical (unpaired) electrons. The molecule has 0 spiro atoms. The number of hydrogen-bond acceptors (Lipinski definition) is 3. The number of amides is 2. The number of carbonyl (C=O) groups is 2. The lowest BCUT2D eigenvalue weighted by Gasteiger charge is -2.11. The van der Waals surface area contributed by atoms with Gasteiger partial charge >= 0.3 is 0 Å². The number of pyridine rings is 1. The highest BCUT2D eigenvalue weighted by Crippen LogP contribution is 2.29. The van der Waals surface area contributed by atoms with Crippen LogP contribution in [0.1, 0.15) is 34.1 Å². The lowest BCUT2D eigenvalue weighted by atomic mass is 10.1. The number of nitrogens with one attached hydrogen (secondary N) is 2. The molecule has 0 aliphatic heterocycles. The Morgan fingerprint density at radius 2 is 1.79 bits per heavy atom. The molecular weight excluding hydrogens is 409 g/mol. The summed E-state index contributed by atoms with van der Waals surface area (Å²) in [4.78, 5) is 29.0. The number of halogens is 2. The minimum Gasteiger partial charge on any atom is -0.352 e. The number of carbonyl (C=O) groups excluding carboxylic acids is 2. The van der Waals surface area contributed by atoms with Crippen LogP contribution in [0.25, 0.3) is 11.3 Å². The summed E-state index contributed by atoms with van der Waals surface area (Å²) in [6.45, 7) is 2.55. The lowest BCUT2D eigenvalue weighted by Crippen LogP contribution is -2.24. The molecule has 2 N–H and O–H groups in total. The highest BCUT2D eigenvalue weighted by atomic mass is 35.5. The highest BCUT2D eigenvalue weighted by molar-refractivity contribution is 6.35. The molecule has 0 bridgehead atoms. The van der Waals surface area contributed by atoms with Gasteiger partial charge in [-0.15, -0.1) is 0 Å². The zero-order valence-corrected chi connectivity index (χ0v) is 17.2. The Labute approximate surface area is 179 Å². The molecule has 1 aromatic heterocycles. The SMILES string of the molecule is CCCNC(=O)c1ccc(C(=O)Nc2ccc(Cl)c(-c3ccccn3)c2)c(Cl)c1. The van der Waals surface area contributed by atoms with Crippen molar-refractivity contribution in [1.82, 2.24) is 10.3 Å². The molecule has 3 aromatic rings. The van der Waals surface area contributed by atoms with E-state index >= 15 is 0 Å². The number of aromatic nitrogens is 1. The smallest absolute Gasteiger partial charge is 0.257 e. The average molecular weight is 428 g/mol. The first-order valence-electron chi connectivity index (χ1n) is 9.09. The maximum absolute atomic E-state index is 12.7. The van der Waals surface area contributed by atoms with E-state index in [0.717, 1.165) is 6.42 Å². The summed E-state index contributed by atoms with van der Waals surface area (Å²) in [7, 11) is 0. The molecule has 0 aliphatic carbocycles. The van der Waals surface area contributed by atoms with Gasteiger partial charge in [-0.1, -0.05) is 36.2 Å². The summed E-state index contributed by atoms with van der Waals surface area (Å²) in [6.07, 6.45) is 2.51. The third-order valence-corrected chi connectivity index (χ3v) is 4.82. The third-order valence-electron chi connectivity index (χ3n) is 4.18. The molecule has 0 aliphatic rings. The molecule has 29 heavy (non-hydrogen) atoms. The number of anilines is 1. The second kappa shape index (κ2) is 9.54. The summed E-state index contributed by atoms with van der Waals surface area (Å²) >= 11 is 12.5. The topological polar surface area (TPSA) is 71.1 Å². The van der Waals surface area contributed by atoms with Gasteiger partial charge < -0.3 is 10.6 Å². The van der Waals surface area contributed by atoms with E-state index in [2.05, 4.69) is 15.6 Å².